The molecule has 3 aromatic carbocycles. The Kier molecular flexibility index (Phi) is 16.7. The van der Waals surface area contributed by atoms with Crippen molar-refractivity contribution < 1.29 is 70.3 Å². The van der Waals surface area contributed by atoms with E-state index in [1.165, 1.54) is 6.20 Å². The lowest BCUT2D eigenvalue weighted by Crippen LogP contribution is -2.41. The molecule has 0 fully saturated rings. The van der Waals surface area contributed by atoms with E-state index in [0.717, 1.165) is 22.4 Å². The number of benzene rings is 3. The summed E-state index contributed by atoms with van der Waals surface area (Å²) in [5.41, 5.74) is 16.7. The number of carbonyl (C=O) groups is 4. The van der Waals surface area contributed by atoms with E-state index in [1.807, 2.05) is 39.0 Å². The predicted molar refractivity (Wildman–Crippen MR) is 191 cm³/mol. The molecule has 304 valence electrons. The number of nitrogens with zero attached hydrogens (tertiary/aromatic N) is 1. The zero-order chi connectivity index (χ0) is 42.4. The van der Waals surface area contributed by atoms with Crippen LogP contribution >= 0.6 is 0 Å². The lowest BCUT2D eigenvalue weighted by molar-refractivity contribution is -0.193. The third-order valence-corrected chi connectivity index (χ3v) is 7.35. The smallest absolute Gasteiger partial charge is 0.490 e. The highest BCUT2D eigenvalue weighted by Gasteiger charge is 2.39. The van der Waals surface area contributed by atoms with E-state index in [4.69, 9.17) is 40.7 Å². The second kappa shape index (κ2) is 20.4. The number of carboxylic acids is 2. The van der Waals surface area contributed by atoms with Crippen LogP contribution in [0.4, 0.5) is 37.7 Å². The number of pyridine rings is 1. The van der Waals surface area contributed by atoms with Gasteiger partial charge >= 0.3 is 24.3 Å². The Morgan fingerprint density at radius 3 is 1.88 bits per heavy atom. The number of rotatable bonds is 13. The molecule has 0 saturated heterocycles. The second-order valence-electron chi connectivity index (χ2n) is 11.3. The minimum Gasteiger partial charge on any atom is -0.508 e. The minimum absolute atomic E-state index is 0.157. The Bertz CT molecular complexity index is 1970. The summed E-state index contributed by atoms with van der Waals surface area (Å²) in [5.74, 6) is -5.16. The number of hydrogen-bond donors (Lipinski definition) is 7. The van der Waals surface area contributed by atoms with Gasteiger partial charge in [-0.15, -0.1) is 0 Å². The fraction of sp³-hybridized carbons (Fsp3) is 0.306. The lowest BCUT2D eigenvalue weighted by atomic mass is 10.0. The number of carboxylic acid groups (broad SMARTS) is 2. The molecule has 1 heterocycles. The van der Waals surface area contributed by atoms with Crippen molar-refractivity contribution >= 4 is 46.0 Å². The maximum absolute atomic E-state index is 12.8. The molecule has 20 heteroatoms. The summed E-state index contributed by atoms with van der Waals surface area (Å²) >= 11 is 0. The van der Waals surface area contributed by atoms with Gasteiger partial charge in [0.25, 0.3) is 5.91 Å². The molecule has 0 bridgehead atoms. The van der Waals surface area contributed by atoms with Gasteiger partial charge in [-0.2, -0.15) is 26.3 Å². The van der Waals surface area contributed by atoms with Crippen molar-refractivity contribution in [1.82, 2.24) is 10.3 Å². The summed E-state index contributed by atoms with van der Waals surface area (Å²) in [6, 6.07) is 15.2. The number of aliphatic carboxylic acids is 2. The van der Waals surface area contributed by atoms with Crippen molar-refractivity contribution in [2.24, 2.45) is 11.5 Å². The minimum atomic E-state index is -5.08. The number of halogens is 6. The van der Waals surface area contributed by atoms with Gasteiger partial charge in [0.05, 0.1) is 36.0 Å². The Labute approximate surface area is 315 Å². The monoisotopic (exact) mass is 799 g/mol. The van der Waals surface area contributed by atoms with Crippen molar-refractivity contribution in [3.8, 4) is 17.2 Å². The highest BCUT2D eigenvalue weighted by Crippen LogP contribution is 2.38. The summed E-state index contributed by atoms with van der Waals surface area (Å²) in [7, 11) is 0. The van der Waals surface area contributed by atoms with Crippen molar-refractivity contribution in [3.05, 3.63) is 83.0 Å². The average molecular weight is 800 g/mol. The molecule has 0 aliphatic heterocycles. The number of phenols is 1. The number of aromatic nitrogens is 1. The van der Waals surface area contributed by atoms with Gasteiger partial charge in [-0.3, -0.25) is 14.6 Å². The van der Waals surface area contributed by atoms with Crippen LogP contribution in [-0.2, 0) is 33.8 Å². The van der Waals surface area contributed by atoms with Crippen LogP contribution in [0.15, 0.2) is 60.8 Å². The van der Waals surface area contributed by atoms with Gasteiger partial charge in [-0.05, 0) is 67.6 Å². The van der Waals surface area contributed by atoms with E-state index in [0.29, 0.717) is 54.1 Å². The molecule has 56 heavy (non-hydrogen) atoms. The Morgan fingerprint density at radius 2 is 1.39 bits per heavy atom. The highest BCUT2D eigenvalue weighted by atomic mass is 19.4. The molecule has 4 rings (SSSR count). The topological polar surface area (TPSA) is 236 Å². The van der Waals surface area contributed by atoms with Crippen LogP contribution in [0.5, 0.6) is 17.2 Å². The highest BCUT2D eigenvalue weighted by molar-refractivity contribution is 6.08. The summed E-state index contributed by atoms with van der Waals surface area (Å²) in [6.07, 6.45) is -7.72. The number of primary amides is 1. The van der Waals surface area contributed by atoms with E-state index in [-0.39, 0.29) is 23.8 Å². The quantitative estimate of drug-likeness (QED) is 0.0820. The van der Waals surface area contributed by atoms with E-state index < -0.39 is 36.2 Å². The Balaban J connectivity index is 0.000000657. The third-order valence-electron chi connectivity index (χ3n) is 7.35. The largest absolute Gasteiger partial charge is 0.508 e. The first kappa shape index (κ1) is 45.8. The molecule has 1 atom stereocenters. The van der Waals surface area contributed by atoms with Crippen molar-refractivity contribution in [2.75, 3.05) is 18.5 Å². The van der Waals surface area contributed by atoms with Gasteiger partial charge in [-0.1, -0.05) is 31.2 Å². The van der Waals surface area contributed by atoms with Crippen LogP contribution in [0, 0.1) is 0 Å². The molecule has 9 N–H and O–H groups in total. The molecule has 1 aromatic heterocycles. The first-order chi connectivity index (χ1) is 26.1. The molecule has 0 radical (unpaired) electrons. The van der Waals surface area contributed by atoms with Crippen LogP contribution in [0.2, 0.25) is 0 Å². The molecule has 0 aliphatic rings. The zero-order valence-corrected chi connectivity index (χ0v) is 30.0. The van der Waals surface area contributed by atoms with Gasteiger partial charge in [0, 0.05) is 29.9 Å². The molecule has 4 aromatic rings. The fourth-order valence-corrected chi connectivity index (χ4v) is 4.82. The van der Waals surface area contributed by atoms with Gasteiger partial charge in [-0.25, -0.2) is 9.59 Å². The van der Waals surface area contributed by atoms with Crippen LogP contribution in [0.25, 0.3) is 10.9 Å². The molecule has 0 aliphatic carbocycles. The Morgan fingerprint density at radius 1 is 0.857 bits per heavy atom. The summed E-state index contributed by atoms with van der Waals surface area (Å²) in [5, 5.41) is 30.8. The standard InChI is InChI=1S/C32H37N5O5.2C2HF3O2/c1-4-22-20(17-36-32(40)25(33)14-19-10-12-21(38)13-11-19)8-7-9-26(22)37-30-23-15-28(41-5-2)29(42-6-3)16-27(23)35-18-24(30)31(34)39;2*3-2(4,5)1(6)7/h7-13,15-16,18,25,38H,4-6,14,17,33H2,1-3H3,(H2,34,39)(H,35,37)(H,36,40);2*(H,6,7)/t25-;;/m0../s1. The van der Waals surface area contributed by atoms with E-state index >= 15 is 0 Å². The zero-order valence-electron chi connectivity index (χ0n) is 30.0. The first-order valence-electron chi connectivity index (χ1n) is 16.5. The van der Waals surface area contributed by atoms with Crippen LogP contribution in [-0.4, -0.2) is 75.7 Å². The van der Waals surface area contributed by atoms with Crippen molar-refractivity contribution in [1.29, 1.82) is 0 Å². The molecule has 2 amide bonds. The molecule has 0 unspecified atom stereocenters. The van der Waals surface area contributed by atoms with Gasteiger partial charge in [0.1, 0.15) is 5.75 Å². The van der Waals surface area contributed by atoms with E-state index in [1.54, 1.807) is 36.4 Å². The number of ether oxygens (including phenoxy) is 2. The normalized spacial score (nSPS) is 11.5. The maximum Gasteiger partial charge on any atom is 0.490 e. The number of hydrogen-bond acceptors (Lipinski definition) is 10. The first-order valence-corrected chi connectivity index (χ1v) is 16.5. The van der Waals surface area contributed by atoms with Crippen LogP contribution < -0.4 is 31.6 Å². The lowest BCUT2D eigenvalue weighted by Gasteiger charge is -2.20. The number of fused-ring (bicyclic) bond motifs is 1. The fourth-order valence-electron chi connectivity index (χ4n) is 4.82. The van der Waals surface area contributed by atoms with Gasteiger partial charge in [0.15, 0.2) is 11.5 Å². The van der Waals surface area contributed by atoms with Gasteiger partial charge < -0.3 is 46.9 Å². The molecular weight excluding hydrogens is 760 g/mol. The number of alkyl halides is 6. The average Bonchev–Trinajstić information content (AvgIpc) is 3.11. The van der Waals surface area contributed by atoms with Crippen LogP contribution in [0.3, 0.4) is 0 Å². The molecular formula is C36H39F6N5O9. The summed E-state index contributed by atoms with van der Waals surface area (Å²) < 4.78 is 75.1. The SMILES string of the molecule is CCOc1cc2ncc(C(N)=O)c(Nc3cccc(CNC(=O)[C@@H](N)Cc4ccc(O)cc4)c3CC)c2cc1OCC.O=C(O)C(F)(F)F.O=C(O)C(F)(F)F. The van der Waals surface area contributed by atoms with E-state index in [2.05, 4.69) is 15.6 Å². The summed E-state index contributed by atoms with van der Waals surface area (Å²) in [4.78, 5) is 47.5. The number of anilines is 2. The van der Waals surface area contributed by atoms with Crippen LogP contribution in [0.1, 0.15) is 47.8 Å². The number of phenolic OH excluding ortho intramolecular Hbond substituents is 1. The molecule has 0 saturated carbocycles. The van der Waals surface area contributed by atoms with E-state index in [9.17, 15) is 41.0 Å². The molecule has 0 spiro atoms. The number of amides is 2. The maximum atomic E-state index is 12.8. The number of carbonyl (C=O) groups excluding carboxylic acids is 2. The second-order valence-corrected chi connectivity index (χ2v) is 11.3. The van der Waals surface area contributed by atoms with Crippen molar-refractivity contribution in [2.45, 2.75) is 58.6 Å². The van der Waals surface area contributed by atoms with Crippen molar-refractivity contribution in [3.63, 3.8) is 0 Å². The third kappa shape index (κ3) is 13.5. The number of nitrogens with one attached hydrogen (secondary N) is 2. The number of aromatic hydroxyl groups is 1. The predicted octanol–water partition coefficient (Wildman–Crippen LogP) is 5.60. The summed E-state index contributed by atoms with van der Waals surface area (Å²) in [6.45, 7) is 6.96. The Hall–Kier alpha value is -6.31. The number of nitrogens with two attached hydrogens (primary N) is 2. The molecule has 14 nitrogen and oxygen atoms in total. The van der Waals surface area contributed by atoms with Gasteiger partial charge in [0.2, 0.25) is 5.91 Å².